The fraction of sp³-hybridized carbons (Fsp3) is 0. The summed E-state index contributed by atoms with van der Waals surface area (Å²) >= 11 is 5.82. The number of ether oxygens (including phenoxy) is 1. The Hall–Kier alpha value is -2.40. The van der Waals surface area contributed by atoms with Crippen LogP contribution >= 0.6 is 11.6 Å². The molecule has 0 amide bonds. The molecule has 0 atom stereocenters. The van der Waals surface area contributed by atoms with Crippen LogP contribution in [0.2, 0.25) is 5.02 Å². The third-order valence-electron chi connectivity index (χ3n) is 2.51. The summed E-state index contributed by atoms with van der Waals surface area (Å²) in [5, 5.41) is 8.46. The van der Waals surface area contributed by atoms with Crippen LogP contribution in [0.5, 0.6) is 11.8 Å². The number of fused-ring (bicyclic) bond motifs is 1. The highest BCUT2D eigenvalue weighted by atomic mass is 35.5. The number of nitrogens with two attached hydrogens (primary N) is 1. The smallest absolute Gasteiger partial charge is 0.341 e. The fourth-order valence-corrected chi connectivity index (χ4v) is 1.80. The summed E-state index contributed by atoms with van der Waals surface area (Å²) in [7, 11) is 0. The molecular formula is C13H9ClN4O. The molecule has 0 unspecified atom stereocenters. The van der Waals surface area contributed by atoms with Crippen molar-refractivity contribution in [3.05, 3.63) is 47.5 Å². The molecule has 0 aliphatic rings. The van der Waals surface area contributed by atoms with Crippen LogP contribution in [0.15, 0.2) is 42.5 Å². The first-order chi connectivity index (χ1) is 9.22. The third-order valence-corrected chi connectivity index (χ3v) is 2.75. The average Bonchev–Trinajstić information content (AvgIpc) is 2.42. The number of para-hydroxylation sites is 1. The van der Waals surface area contributed by atoms with Crippen molar-refractivity contribution in [2.45, 2.75) is 0 Å². The van der Waals surface area contributed by atoms with Gasteiger partial charge in [0.15, 0.2) is 5.75 Å². The van der Waals surface area contributed by atoms with Gasteiger partial charge in [0.2, 0.25) is 0 Å². The van der Waals surface area contributed by atoms with E-state index < -0.39 is 0 Å². The number of anilines is 1. The average molecular weight is 273 g/mol. The van der Waals surface area contributed by atoms with Gasteiger partial charge in [-0.3, -0.25) is 0 Å². The quantitative estimate of drug-likeness (QED) is 0.726. The maximum absolute atomic E-state index is 5.82. The Labute approximate surface area is 114 Å². The number of nitrogens with zero attached hydrogens (tertiary/aromatic N) is 3. The molecule has 0 spiro atoms. The minimum atomic E-state index is 0.146. The van der Waals surface area contributed by atoms with Crippen LogP contribution in [0.25, 0.3) is 11.0 Å². The molecule has 3 aromatic rings. The molecule has 19 heavy (non-hydrogen) atoms. The SMILES string of the molecule is Nc1cc(Cl)ccc1Oc1nnc2ccccc2n1. The molecule has 0 saturated heterocycles. The van der Waals surface area contributed by atoms with Gasteiger partial charge in [-0.2, -0.15) is 4.98 Å². The largest absolute Gasteiger partial charge is 0.421 e. The molecule has 2 aromatic carbocycles. The molecule has 0 bridgehead atoms. The molecule has 0 aliphatic carbocycles. The zero-order chi connectivity index (χ0) is 13.2. The Morgan fingerprint density at radius 2 is 1.79 bits per heavy atom. The molecule has 3 rings (SSSR count). The predicted octanol–water partition coefficient (Wildman–Crippen LogP) is 3.05. The van der Waals surface area contributed by atoms with Gasteiger partial charge in [0.1, 0.15) is 5.52 Å². The number of rotatable bonds is 2. The highest BCUT2D eigenvalue weighted by molar-refractivity contribution is 6.30. The second-order valence-corrected chi connectivity index (χ2v) is 4.30. The van der Waals surface area contributed by atoms with Crippen LogP contribution in [-0.2, 0) is 0 Å². The van der Waals surface area contributed by atoms with Crippen LogP contribution in [0.4, 0.5) is 5.69 Å². The molecule has 5 nitrogen and oxygen atoms in total. The third kappa shape index (κ3) is 2.41. The van der Waals surface area contributed by atoms with Crippen molar-refractivity contribution in [3.63, 3.8) is 0 Å². The molecule has 1 aromatic heterocycles. The maximum atomic E-state index is 5.82. The number of aromatic nitrogens is 3. The lowest BCUT2D eigenvalue weighted by molar-refractivity contribution is 0.439. The van der Waals surface area contributed by atoms with Gasteiger partial charge in [-0.25, -0.2) is 0 Å². The van der Waals surface area contributed by atoms with Crippen molar-refractivity contribution < 1.29 is 4.74 Å². The number of hydrogen-bond donors (Lipinski definition) is 1. The zero-order valence-corrected chi connectivity index (χ0v) is 10.5. The molecule has 1 heterocycles. The van der Waals surface area contributed by atoms with Gasteiger partial charge in [0.05, 0.1) is 11.2 Å². The van der Waals surface area contributed by atoms with E-state index >= 15 is 0 Å². The highest BCUT2D eigenvalue weighted by Gasteiger charge is 2.06. The Morgan fingerprint density at radius 1 is 1.00 bits per heavy atom. The second kappa shape index (κ2) is 4.70. The van der Waals surface area contributed by atoms with Gasteiger partial charge in [-0.1, -0.05) is 28.8 Å². The predicted molar refractivity (Wildman–Crippen MR) is 73.3 cm³/mol. The van der Waals surface area contributed by atoms with Crippen molar-refractivity contribution in [3.8, 4) is 11.8 Å². The van der Waals surface area contributed by atoms with Crippen LogP contribution in [0, 0.1) is 0 Å². The lowest BCUT2D eigenvalue weighted by Crippen LogP contribution is -1.97. The van der Waals surface area contributed by atoms with E-state index in [0.29, 0.717) is 27.5 Å². The fourth-order valence-electron chi connectivity index (χ4n) is 1.62. The summed E-state index contributed by atoms with van der Waals surface area (Å²) in [4.78, 5) is 4.25. The van der Waals surface area contributed by atoms with Crippen LogP contribution in [0.1, 0.15) is 0 Å². The molecule has 0 saturated carbocycles. The first kappa shape index (κ1) is 11.7. The normalized spacial score (nSPS) is 10.6. The Kier molecular flexibility index (Phi) is 2.89. The van der Waals surface area contributed by atoms with Crippen molar-refractivity contribution in [1.29, 1.82) is 0 Å². The van der Waals surface area contributed by atoms with Gasteiger partial charge < -0.3 is 10.5 Å². The molecular weight excluding hydrogens is 264 g/mol. The van der Waals surface area contributed by atoms with Gasteiger partial charge in [-0.05, 0) is 30.3 Å². The van der Waals surface area contributed by atoms with Gasteiger partial charge in [0.25, 0.3) is 0 Å². The van der Waals surface area contributed by atoms with Crippen LogP contribution < -0.4 is 10.5 Å². The summed E-state index contributed by atoms with van der Waals surface area (Å²) in [5.74, 6) is 0.446. The van der Waals surface area contributed by atoms with E-state index in [4.69, 9.17) is 22.1 Å². The Bertz CT molecular complexity index is 748. The maximum Gasteiger partial charge on any atom is 0.341 e. The van der Waals surface area contributed by atoms with Crippen LogP contribution in [0.3, 0.4) is 0 Å². The van der Waals surface area contributed by atoms with Crippen molar-refractivity contribution in [2.24, 2.45) is 0 Å². The molecule has 0 fully saturated rings. The Morgan fingerprint density at radius 3 is 2.58 bits per heavy atom. The van der Waals surface area contributed by atoms with Gasteiger partial charge in [0, 0.05) is 5.02 Å². The van der Waals surface area contributed by atoms with E-state index in [1.54, 1.807) is 18.2 Å². The first-order valence-corrected chi connectivity index (χ1v) is 5.92. The number of halogens is 1. The number of hydrogen-bond acceptors (Lipinski definition) is 5. The summed E-state index contributed by atoms with van der Waals surface area (Å²) in [6.45, 7) is 0. The lowest BCUT2D eigenvalue weighted by atomic mass is 10.3. The van der Waals surface area contributed by atoms with Crippen molar-refractivity contribution >= 4 is 28.3 Å². The lowest BCUT2D eigenvalue weighted by Gasteiger charge is -2.06. The molecule has 94 valence electrons. The van der Waals surface area contributed by atoms with Crippen molar-refractivity contribution in [2.75, 3.05) is 5.73 Å². The summed E-state index contributed by atoms with van der Waals surface area (Å²) in [6.07, 6.45) is 0. The Balaban J connectivity index is 1.96. The molecule has 0 radical (unpaired) electrons. The topological polar surface area (TPSA) is 73.9 Å². The van der Waals surface area contributed by atoms with E-state index in [9.17, 15) is 0 Å². The highest BCUT2D eigenvalue weighted by Crippen LogP contribution is 2.28. The monoisotopic (exact) mass is 272 g/mol. The number of benzene rings is 2. The van der Waals surface area contributed by atoms with E-state index in [0.717, 1.165) is 0 Å². The van der Waals surface area contributed by atoms with Gasteiger partial charge in [-0.15, -0.1) is 5.10 Å². The summed E-state index contributed by atoms with van der Waals surface area (Å²) in [6, 6.07) is 12.5. The van der Waals surface area contributed by atoms with Gasteiger partial charge >= 0.3 is 6.01 Å². The second-order valence-electron chi connectivity index (χ2n) is 3.87. The molecule has 0 aliphatic heterocycles. The standard InChI is InChI=1S/C13H9ClN4O/c14-8-5-6-12(9(15)7-8)19-13-16-10-3-1-2-4-11(10)17-18-13/h1-7H,15H2. The van der Waals surface area contributed by atoms with E-state index in [-0.39, 0.29) is 6.01 Å². The zero-order valence-electron chi connectivity index (χ0n) is 9.75. The summed E-state index contributed by atoms with van der Waals surface area (Å²) in [5.41, 5.74) is 7.63. The summed E-state index contributed by atoms with van der Waals surface area (Å²) < 4.78 is 5.50. The molecule has 2 N–H and O–H groups in total. The number of nitrogen functional groups attached to an aromatic ring is 1. The van der Waals surface area contributed by atoms with E-state index in [1.807, 2.05) is 24.3 Å². The van der Waals surface area contributed by atoms with E-state index in [1.165, 1.54) is 0 Å². The first-order valence-electron chi connectivity index (χ1n) is 5.55. The van der Waals surface area contributed by atoms with E-state index in [2.05, 4.69) is 15.2 Å². The molecule has 6 heteroatoms. The van der Waals surface area contributed by atoms with Crippen molar-refractivity contribution in [1.82, 2.24) is 15.2 Å². The van der Waals surface area contributed by atoms with Crippen LogP contribution in [-0.4, -0.2) is 15.2 Å². The minimum absolute atomic E-state index is 0.146. The minimum Gasteiger partial charge on any atom is -0.421 e.